The third kappa shape index (κ3) is 1.48. The molecule has 0 aromatic carbocycles. The van der Waals surface area contributed by atoms with E-state index in [0.717, 1.165) is 0 Å². The molecule has 1 aliphatic heterocycles. The van der Waals surface area contributed by atoms with Crippen LogP contribution < -0.4 is 0 Å². The third-order valence-electron chi connectivity index (χ3n) is 2.82. The predicted octanol–water partition coefficient (Wildman–Crippen LogP) is 0.231. The summed E-state index contributed by atoms with van der Waals surface area (Å²) in [6.45, 7) is 1.64. The zero-order valence-electron chi connectivity index (χ0n) is 9.07. The molecular formula is C11H11NO4. The van der Waals surface area contributed by atoms with Gasteiger partial charge in [-0.1, -0.05) is 0 Å². The number of Topliss-reactive ketones (excluding diaryl/α,β-unsaturated/α-hetero) is 1. The number of hydrogen-bond donors (Lipinski definition) is 0. The number of hydrogen-bond acceptors (Lipinski definition) is 5. The minimum atomic E-state index is -0.985. The number of allylic oxidation sites excluding steroid dienone is 1. The Bertz CT molecular complexity index is 461. The lowest BCUT2D eigenvalue weighted by atomic mass is 9.90. The van der Waals surface area contributed by atoms with Gasteiger partial charge in [-0.3, -0.25) is 14.6 Å². The van der Waals surface area contributed by atoms with Gasteiger partial charge in [0.2, 0.25) is 11.6 Å². The summed E-state index contributed by atoms with van der Waals surface area (Å²) < 4.78 is 4.65. The molecule has 16 heavy (non-hydrogen) atoms. The molecule has 0 amide bonds. The molecule has 1 atom stereocenters. The lowest BCUT2D eigenvalue weighted by Gasteiger charge is -2.16. The Labute approximate surface area is 92.2 Å². The standard InChI is InChI=1S/C11H11NO4/c1-11(10(15)16-2)5-6-3-8(13)9(14)4-7(6)12-11/h3H,4-5H2,1-2H3. The second kappa shape index (κ2) is 3.37. The van der Waals surface area contributed by atoms with E-state index in [9.17, 15) is 14.4 Å². The van der Waals surface area contributed by atoms with Crippen LogP contribution in [0.25, 0.3) is 0 Å². The van der Waals surface area contributed by atoms with Gasteiger partial charge in [-0.2, -0.15) is 0 Å². The van der Waals surface area contributed by atoms with Crippen LogP contribution in [0.5, 0.6) is 0 Å². The van der Waals surface area contributed by atoms with Crippen LogP contribution >= 0.6 is 0 Å². The maximum absolute atomic E-state index is 11.5. The molecule has 84 valence electrons. The first-order valence-electron chi connectivity index (χ1n) is 4.91. The fourth-order valence-corrected chi connectivity index (χ4v) is 1.99. The number of carbonyl (C=O) groups is 3. The number of rotatable bonds is 1. The van der Waals surface area contributed by atoms with E-state index in [4.69, 9.17) is 0 Å². The lowest BCUT2D eigenvalue weighted by Crippen LogP contribution is -2.32. The zero-order chi connectivity index (χ0) is 11.9. The van der Waals surface area contributed by atoms with E-state index in [2.05, 4.69) is 9.73 Å². The van der Waals surface area contributed by atoms with Crippen molar-refractivity contribution in [2.75, 3.05) is 7.11 Å². The van der Waals surface area contributed by atoms with E-state index in [-0.39, 0.29) is 6.42 Å². The number of nitrogens with zero attached hydrogens (tertiary/aromatic N) is 1. The van der Waals surface area contributed by atoms with Crippen LogP contribution in [0.2, 0.25) is 0 Å². The molecule has 5 nitrogen and oxygen atoms in total. The summed E-state index contributed by atoms with van der Waals surface area (Å²) in [5, 5.41) is 0. The molecule has 1 unspecified atom stereocenters. The summed E-state index contributed by atoms with van der Waals surface area (Å²) in [7, 11) is 1.29. The summed E-state index contributed by atoms with van der Waals surface area (Å²) in [6.07, 6.45) is 1.60. The topological polar surface area (TPSA) is 72.8 Å². The first-order chi connectivity index (χ1) is 7.46. The summed E-state index contributed by atoms with van der Waals surface area (Å²) in [5.74, 6) is -1.44. The Morgan fingerprint density at radius 3 is 2.81 bits per heavy atom. The van der Waals surface area contributed by atoms with Crippen molar-refractivity contribution >= 4 is 23.2 Å². The number of esters is 1. The van der Waals surface area contributed by atoms with Crippen LogP contribution in [-0.4, -0.2) is 35.9 Å². The Kier molecular flexibility index (Phi) is 2.26. The molecule has 1 aliphatic carbocycles. The predicted molar refractivity (Wildman–Crippen MR) is 55.2 cm³/mol. The summed E-state index contributed by atoms with van der Waals surface area (Å²) in [4.78, 5) is 38.1. The van der Waals surface area contributed by atoms with E-state index in [0.29, 0.717) is 17.7 Å². The quantitative estimate of drug-likeness (QED) is 0.469. The Morgan fingerprint density at radius 2 is 2.19 bits per heavy atom. The van der Waals surface area contributed by atoms with E-state index < -0.39 is 23.1 Å². The smallest absolute Gasteiger partial charge is 0.333 e. The van der Waals surface area contributed by atoms with Crippen LogP contribution in [0.4, 0.5) is 0 Å². The van der Waals surface area contributed by atoms with E-state index in [1.165, 1.54) is 13.2 Å². The molecule has 0 fully saturated rings. The van der Waals surface area contributed by atoms with Crippen molar-refractivity contribution in [2.45, 2.75) is 25.3 Å². The van der Waals surface area contributed by atoms with Crippen molar-refractivity contribution < 1.29 is 19.1 Å². The molecule has 1 heterocycles. The second-order valence-corrected chi connectivity index (χ2v) is 4.13. The molecule has 0 aromatic rings. The summed E-state index contributed by atoms with van der Waals surface area (Å²) in [5.41, 5.74) is 0.232. The van der Waals surface area contributed by atoms with Gasteiger partial charge in [-0.05, 0) is 18.6 Å². The minimum absolute atomic E-state index is 0.00273. The van der Waals surface area contributed by atoms with Crippen molar-refractivity contribution in [3.8, 4) is 0 Å². The molecule has 0 N–H and O–H groups in total. The molecule has 0 aromatic heterocycles. The minimum Gasteiger partial charge on any atom is -0.467 e. The van der Waals surface area contributed by atoms with Crippen molar-refractivity contribution in [1.29, 1.82) is 0 Å². The van der Waals surface area contributed by atoms with Gasteiger partial charge in [0, 0.05) is 12.1 Å². The average Bonchev–Trinajstić information content (AvgIpc) is 2.55. The third-order valence-corrected chi connectivity index (χ3v) is 2.82. The molecule has 0 spiro atoms. The molecule has 2 aliphatic rings. The SMILES string of the molecule is COC(=O)C1(C)CC2=CC(=O)C(=O)CC2=N1. The van der Waals surface area contributed by atoms with E-state index >= 15 is 0 Å². The fourth-order valence-electron chi connectivity index (χ4n) is 1.99. The molecular weight excluding hydrogens is 210 g/mol. The van der Waals surface area contributed by atoms with Crippen LogP contribution in [0.15, 0.2) is 16.6 Å². The van der Waals surface area contributed by atoms with Crippen molar-refractivity contribution in [2.24, 2.45) is 4.99 Å². The maximum atomic E-state index is 11.5. The Hall–Kier alpha value is -1.78. The molecule has 2 rings (SSSR count). The second-order valence-electron chi connectivity index (χ2n) is 4.13. The first kappa shape index (κ1) is 10.7. The van der Waals surface area contributed by atoms with Gasteiger partial charge in [0.1, 0.15) is 0 Å². The fraction of sp³-hybridized carbons (Fsp3) is 0.455. The van der Waals surface area contributed by atoms with Crippen LogP contribution in [0.3, 0.4) is 0 Å². The van der Waals surface area contributed by atoms with Gasteiger partial charge < -0.3 is 4.74 Å². The highest BCUT2D eigenvalue weighted by atomic mass is 16.5. The van der Waals surface area contributed by atoms with Gasteiger partial charge in [-0.15, -0.1) is 0 Å². The highest BCUT2D eigenvalue weighted by molar-refractivity contribution is 6.48. The lowest BCUT2D eigenvalue weighted by molar-refractivity contribution is -0.145. The van der Waals surface area contributed by atoms with E-state index in [1.807, 2.05) is 0 Å². The van der Waals surface area contributed by atoms with Gasteiger partial charge in [-0.25, -0.2) is 4.79 Å². The van der Waals surface area contributed by atoms with Crippen molar-refractivity contribution in [3.05, 3.63) is 11.6 Å². The highest BCUT2D eigenvalue weighted by Gasteiger charge is 2.43. The number of ether oxygens (including phenoxy) is 1. The van der Waals surface area contributed by atoms with Gasteiger partial charge in [0.15, 0.2) is 5.54 Å². The van der Waals surface area contributed by atoms with Crippen LogP contribution in [0.1, 0.15) is 19.8 Å². The summed E-state index contributed by atoms with van der Waals surface area (Å²) >= 11 is 0. The van der Waals surface area contributed by atoms with Crippen LogP contribution in [0, 0.1) is 0 Å². The zero-order valence-corrected chi connectivity index (χ0v) is 9.07. The molecule has 0 saturated carbocycles. The molecule has 5 heteroatoms. The van der Waals surface area contributed by atoms with E-state index in [1.54, 1.807) is 6.92 Å². The van der Waals surface area contributed by atoms with Crippen LogP contribution in [-0.2, 0) is 19.1 Å². The Balaban J connectivity index is 2.37. The molecule has 0 bridgehead atoms. The molecule has 0 radical (unpaired) electrons. The highest BCUT2D eigenvalue weighted by Crippen LogP contribution is 2.33. The number of carbonyl (C=O) groups excluding carboxylic acids is 3. The van der Waals surface area contributed by atoms with Crippen molar-refractivity contribution in [3.63, 3.8) is 0 Å². The monoisotopic (exact) mass is 221 g/mol. The molecule has 0 saturated heterocycles. The largest absolute Gasteiger partial charge is 0.467 e. The van der Waals surface area contributed by atoms with Crippen molar-refractivity contribution in [1.82, 2.24) is 0 Å². The average molecular weight is 221 g/mol. The van der Waals surface area contributed by atoms with Gasteiger partial charge in [0.05, 0.1) is 13.5 Å². The Morgan fingerprint density at radius 1 is 1.50 bits per heavy atom. The summed E-state index contributed by atoms with van der Waals surface area (Å²) in [6, 6.07) is 0. The van der Waals surface area contributed by atoms with Gasteiger partial charge >= 0.3 is 5.97 Å². The number of ketones is 2. The first-order valence-corrected chi connectivity index (χ1v) is 4.91. The maximum Gasteiger partial charge on any atom is 0.333 e. The number of methoxy groups -OCH3 is 1. The normalized spacial score (nSPS) is 28.4. The number of aliphatic imine (C=N–C) groups is 1. The number of fused-ring (bicyclic) bond motifs is 1. The van der Waals surface area contributed by atoms with Gasteiger partial charge in [0.25, 0.3) is 0 Å².